The highest BCUT2D eigenvalue weighted by molar-refractivity contribution is 8.16. The van der Waals surface area contributed by atoms with E-state index in [-0.39, 0.29) is 40.3 Å². The molecule has 2 aliphatic heterocycles. The number of fused-ring (bicyclic) bond motifs is 1. The number of halogens is 1. The Bertz CT molecular complexity index is 794. The van der Waals surface area contributed by atoms with Crippen molar-refractivity contribution in [3.05, 3.63) is 30.1 Å². The fourth-order valence-electron chi connectivity index (χ4n) is 2.87. The Kier molecular flexibility index (Phi) is 4.70. The van der Waals surface area contributed by atoms with E-state index in [4.69, 9.17) is 0 Å². The van der Waals surface area contributed by atoms with Crippen molar-refractivity contribution in [3.8, 4) is 0 Å². The Balaban J connectivity index is 2.02. The van der Waals surface area contributed by atoms with Gasteiger partial charge >= 0.3 is 0 Å². The van der Waals surface area contributed by atoms with Gasteiger partial charge in [-0.3, -0.25) is 4.79 Å². The number of benzene rings is 1. The van der Waals surface area contributed by atoms with E-state index in [2.05, 4.69) is 4.99 Å². The van der Waals surface area contributed by atoms with Crippen molar-refractivity contribution in [2.75, 3.05) is 16.4 Å². The van der Waals surface area contributed by atoms with Crippen LogP contribution in [0.4, 0.5) is 10.1 Å². The number of sulfone groups is 1. The third-order valence-electron chi connectivity index (χ3n) is 4.42. The van der Waals surface area contributed by atoms with E-state index in [1.165, 1.54) is 17.8 Å². The van der Waals surface area contributed by atoms with Crippen molar-refractivity contribution >= 4 is 38.4 Å². The zero-order valence-corrected chi connectivity index (χ0v) is 15.1. The molecule has 0 bridgehead atoms. The van der Waals surface area contributed by atoms with Crippen molar-refractivity contribution in [1.29, 1.82) is 0 Å². The van der Waals surface area contributed by atoms with Gasteiger partial charge < -0.3 is 4.90 Å². The predicted molar refractivity (Wildman–Crippen MR) is 94.6 cm³/mol. The van der Waals surface area contributed by atoms with E-state index >= 15 is 0 Å². The summed E-state index contributed by atoms with van der Waals surface area (Å²) >= 11 is 1.26. The number of anilines is 1. The standard InChI is InChI=1S/C16H19FN2O3S2/c1-3-10(2)15(20)18-16-19(12-7-5-4-6-11(12)17)13-8-24(21,22)9-14(13)23-16/h4-7,10,13-14H,3,8-9H2,1-2H3/t10-,13+,14+/m0/s1. The number of rotatable bonds is 3. The number of hydrogen-bond donors (Lipinski definition) is 0. The SMILES string of the molecule is CC[C@H](C)C(=O)N=C1S[C@@H]2CS(=O)(=O)C[C@H]2N1c1ccccc1F. The number of carbonyl (C=O) groups excluding carboxylic acids is 1. The molecular weight excluding hydrogens is 351 g/mol. The number of thioether (sulfide) groups is 1. The lowest BCUT2D eigenvalue weighted by Gasteiger charge is -2.25. The minimum absolute atomic E-state index is 0.0316. The molecular formula is C16H19FN2O3S2. The van der Waals surface area contributed by atoms with Gasteiger partial charge in [0.05, 0.1) is 23.2 Å². The van der Waals surface area contributed by atoms with Crippen molar-refractivity contribution in [3.63, 3.8) is 0 Å². The van der Waals surface area contributed by atoms with Crippen LogP contribution < -0.4 is 4.90 Å². The molecule has 3 atom stereocenters. The fourth-order valence-corrected chi connectivity index (χ4v) is 6.78. The monoisotopic (exact) mass is 370 g/mol. The number of carbonyl (C=O) groups is 1. The summed E-state index contributed by atoms with van der Waals surface area (Å²) in [6.07, 6.45) is 0.668. The van der Waals surface area contributed by atoms with Crippen LogP contribution in [-0.2, 0) is 14.6 Å². The molecule has 2 fully saturated rings. The van der Waals surface area contributed by atoms with Gasteiger partial charge in [-0.15, -0.1) is 0 Å². The van der Waals surface area contributed by atoms with Gasteiger partial charge in [-0.1, -0.05) is 37.7 Å². The maximum atomic E-state index is 14.3. The summed E-state index contributed by atoms with van der Waals surface area (Å²) in [5.74, 6) is -0.944. The number of amides is 1. The molecule has 0 aliphatic carbocycles. The zero-order valence-electron chi connectivity index (χ0n) is 13.5. The van der Waals surface area contributed by atoms with Gasteiger partial charge in [0, 0.05) is 11.2 Å². The van der Waals surface area contributed by atoms with Crippen LogP contribution in [0.2, 0.25) is 0 Å². The third-order valence-corrected chi connectivity index (χ3v) is 7.63. The average Bonchev–Trinajstić information content (AvgIpc) is 2.98. The Morgan fingerprint density at radius 3 is 2.79 bits per heavy atom. The minimum Gasteiger partial charge on any atom is -0.313 e. The molecule has 0 spiro atoms. The Morgan fingerprint density at radius 1 is 1.42 bits per heavy atom. The lowest BCUT2D eigenvalue weighted by Crippen LogP contribution is -2.38. The fraction of sp³-hybridized carbons (Fsp3) is 0.500. The predicted octanol–water partition coefficient (Wildman–Crippen LogP) is 2.47. The van der Waals surface area contributed by atoms with E-state index in [9.17, 15) is 17.6 Å². The van der Waals surface area contributed by atoms with Crippen LogP contribution in [0.3, 0.4) is 0 Å². The van der Waals surface area contributed by atoms with Crippen molar-refractivity contribution < 1.29 is 17.6 Å². The molecule has 2 aliphatic rings. The molecule has 0 saturated carbocycles. The molecule has 130 valence electrons. The second kappa shape index (κ2) is 6.48. The first-order chi connectivity index (χ1) is 11.3. The maximum Gasteiger partial charge on any atom is 0.250 e. The van der Waals surface area contributed by atoms with E-state index in [1.807, 2.05) is 6.92 Å². The van der Waals surface area contributed by atoms with Crippen LogP contribution >= 0.6 is 11.8 Å². The molecule has 1 amide bonds. The highest BCUT2D eigenvalue weighted by atomic mass is 32.2. The van der Waals surface area contributed by atoms with Crippen LogP contribution in [0.15, 0.2) is 29.3 Å². The number of para-hydroxylation sites is 1. The minimum atomic E-state index is -3.16. The van der Waals surface area contributed by atoms with Crippen LogP contribution in [0, 0.1) is 11.7 Å². The van der Waals surface area contributed by atoms with Crippen LogP contribution in [0.5, 0.6) is 0 Å². The average molecular weight is 370 g/mol. The molecule has 0 unspecified atom stereocenters. The van der Waals surface area contributed by atoms with Crippen molar-refractivity contribution in [2.24, 2.45) is 10.9 Å². The smallest absolute Gasteiger partial charge is 0.250 e. The topological polar surface area (TPSA) is 66.8 Å². The first kappa shape index (κ1) is 17.4. The Morgan fingerprint density at radius 2 is 2.12 bits per heavy atom. The van der Waals surface area contributed by atoms with E-state index in [0.29, 0.717) is 11.6 Å². The van der Waals surface area contributed by atoms with Gasteiger partial charge in [-0.25, -0.2) is 12.8 Å². The molecule has 1 aromatic rings. The summed E-state index contributed by atoms with van der Waals surface area (Å²) in [5.41, 5.74) is 0.269. The molecule has 0 aromatic heterocycles. The highest BCUT2D eigenvalue weighted by Gasteiger charge is 2.50. The Hall–Kier alpha value is -1.41. The summed E-state index contributed by atoms with van der Waals surface area (Å²) in [6, 6.07) is 5.79. The number of nitrogens with zero attached hydrogens (tertiary/aromatic N) is 2. The van der Waals surface area contributed by atoms with Gasteiger partial charge in [-0.05, 0) is 18.6 Å². The lowest BCUT2D eigenvalue weighted by molar-refractivity contribution is -0.121. The van der Waals surface area contributed by atoms with Crippen LogP contribution in [-0.4, -0.2) is 42.3 Å². The quantitative estimate of drug-likeness (QED) is 0.818. The maximum absolute atomic E-state index is 14.3. The van der Waals surface area contributed by atoms with Crippen molar-refractivity contribution in [2.45, 2.75) is 31.6 Å². The van der Waals surface area contributed by atoms with E-state index in [0.717, 1.165) is 0 Å². The first-order valence-electron chi connectivity index (χ1n) is 7.85. The van der Waals surface area contributed by atoms with Gasteiger partial charge in [0.15, 0.2) is 15.0 Å². The molecule has 1 aromatic carbocycles. The number of hydrogen-bond acceptors (Lipinski definition) is 4. The van der Waals surface area contributed by atoms with Gasteiger partial charge in [0.25, 0.3) is 5.91 Å². The van der Waals surface area contributed by atoms with E-state index in [1.54, 1.807) is 30.0 Å². The molecule has 5 nitrogen and oxygen atoms in total. The summed E-state index contributed by atoms with van der Waals surface area (Å²) < 4.78 is 38.2. The Labute approximate surface area is 145 Å². The third kappa shape index (κ3) is 3.21. The first-order valence-corrected chi connectivity index (χ1v) is 10.6. The number of amidine groups is 1. The van der Waals surface area contributed by atoms with E-state index < -0.39 is 15.7 Å². The molecule has 0 radical (unpaired) electrons. The second-order valence-electron chi connectivity index (χ2n) is 6.16. The molecule has 24 heavy (non-hydrogen) atoms. The summed E-state index contributed by atoms with van der Waals surface area (Å²) in [6.45, 7) is 3.70. The van der Waals surface area contributed by atoms with Crippen LogP contribution in [0.25, 0.3) is 0 Å². The highest BCUT2D eigenvalue weighted by Crippen LogP contribution is 2.41. The molecule has 8 heteroatoms. The molecule has 3 rings (SSSR count). The largest absolute Gasteiger partial charge is 0.313 e. The summed E-state index contributed by atoms with van der Waals surface area (Å²) in [4.78, 5) is 18.0. The van der Waals surface area contributed by atoms with Gasteiger partial charge in [-0.2, -0.15) is 4.99 Å². The molecule has 2 saturated heterocycles. The van der Waals surface area contributed by atoms with Crippen molar-refractivity contribution in [1.82, 2.24) is 0 Å². The summed E-state index contributed by atoms with van der Waals surface area (Å²) in [7, 11) is -3.16. The number of aliphatic imine (C=N–C) groups is 1. The van der Waals surface area contributed by atoms with Gasteiger partial charge in [0.1, 0.15) is 5.82 Å². The lowest BCUT2D eigenvalue weighted by atomic mass is 10.1. The zero-order chi connectivity index (χ0) is 17.5. The van der Waals surface area contributed by atoms with Crippen LogP contribution in [0.1, 0.15) is 20.3 Å². The normalized spacial score (nSPS) is 28.1. The molecule has 2 heterocycles. The summed E-state index contributed by atoms with van der Waals surface area (Å²) in [5, 5.41) is 0.174. The molecule has 0 N–H and O–H groups in total. The second-order valence-corrected chi connectivity index (χ2v) is 9.52. The van der Waals surface area contributed by atoms with Gasteiger partial charge in [0.2, 0.25) is 0 Å².